The molecule has 0 radical (unpaired) electrons. The summed E-state index contributed by atoms with van der Waals surface area (Å²) in [6.45, 7) is 0. The van der Waals surface area contributed by atoms with E-state index in [-0.39, 0.29) is 0 Å². The predicted octanol–water partition coefficient (Wildman–Crippen LogP) is 10.4. The van der Waals surface area contributed by atoms with Crippen molar-refractivity contribution in [2.45, 2.75) is 11.6 Å². The van der Waals surface area contributed by atoms with Crippen molar-refractivity contribution >= 4 is 33.5 Å². The van der Waals surface area contributed by atoms with E-state index in [0.29, 0.717) is 5.95 Å². The van der Waals surface area contributed by atoms with Gasteiger partial charge in [-0.25, -0.2) is 20.0 Å². The molecule has 7 aromatic carbocycles. The SMILES string of the molecule is c1ccc(C2=NC(c3cnc(-n4c5ccccc5c5cc6c(cc54)C(c4ccccc4)(c4ccccc4)c4ccccc4-6)nc3)N=C(c3ccccc3)N2)cc1. The largest absolute Gasteiger partial charge is 0.324 e. The summed E-state index contributed by atoms with van der Waals surface area (Å²) in [4.78, 5) is 20.2. The van der Waals surface area contributed by atoms with E-state index >= 15 is 0 Å². The van der Waals surface area contributed by atoms with E-state index in [1.54, 1.807) is 0 Å². The number of benzene rings is 7. The number of nitrogens with one attached hydrogen (secondary N) is 1. The van der Waals surface area contributed by atoms with E-state index in [2.05, 4.69) is 155 Å². The maximum atomic E-state index is 5.07. The molecule has 1 N–H and O–H groups in total. The van der Waals surface area contributed by atoms with Gasteiger partial charge < -0.3 is 5.32 Å². The Labute approximate surface area is 324 Å². The highest BCUT2D eigenvalue weighted by Crippen LogP contribution is 2.57. The number of nitrogens with zero attached hydrogens (tertiary/aromatic N) is 5. The summed E-state index contributed by atoms with van der Waals surface area (Å²) in [7, 11) is 0. The molecule has 0 fully saturated rings. The first-order valence-corrected chi connectivity index (χ1v) is 18.9. The standard InChI is InChI=1S/C50H34N6/c1-5-17-33(18-6-1)46-53-47(34-19-7-2-8-20-34)55-48(54-46)35-31-51-49(52-32-35)56-44-28-16-14-26-39(44)41-29-40-38-25-13-15-27-42(38)50(43(40)30-45(41)56,36-21-9-3-10-22-36)37-23-11-4-12-24-37/h1-32,48H,(H,53,54,55). The molecule has 0 saturated heterocycles. The van der Waals surface area contributed by atoms with Crippen LogP contribution >= 0.6 is 0 Å². The molecular weight excluding hydrogens is 685 g/mol. The second kappa shape index (κ2) is 12.9. The van der Waals surface area contributed by atoms with E-state index in [9.17, 15) is 0 Å². The van der Waals surface area contributed by atoms with Gasteiger partial charge in [-0.05, 0) is 51.6 Å². The number of aromatic nitrogens is 3. The average molecular weight is 719 g/mol. The molecular formula is C50H34N6. The molecule has 2 aliphatic rings. The van der Waals surface area contributed by atoms with Gasteiger partial charge in [0.15, 0.2) is 6.17 Å². The number of fused-ring (bicyclic) bond motifs is 6. The molecule has 0 spiro atoms. The number of para-hydroxylation sites is 1. The van der Waals surface area contributed by atoms with Crippen molar-refractivity contribution in [1.82, 2.24) is 19.9 Å². The molecule has 3 heterocycles. The normalized spacial score (nSPS) is 14.5. The van der Waals surface area contributed by atoms with Crippen LogP contribution in [0.5, 0.6) is 0 Å². The fourth-order valence-corrected chi connectivity index (χ4v) is 8.78. The van der Waals surface area contributed by atoms with Crippen LogP contribution in [-0.2, 0) is 5.41 Å². The Kier molecular flexibility index (Phi) is 7.35. The van der Waals surface area contributed by atoms with Crippen molar-refractivity contribution < 1.29 is 0 Å². The molecule has 0 amide bonds. The first kappa shape index (κ1) is 32.0. The lowest BCUT2D eigenvalue weighted by molar-refractivity contribution is 0.742. The Balaban J connectivity index is 1.10. The predicted molar refractivity (Wildman–Crippen MR) is 226 cm³/mol. The van der Waals surface area contributed by atoms with Crippen molar-refractivity contribution in [3.63, 3.8) is 0 Å². The molecule has 56 heavy (non-hydrogen) atoms. The van der Waals surface area contributed by atoms with Gasteiger partial charge >= 0.3 is 0 Å². The lowest BCUT2D eigenvalue weighted by Gasteiger charge is -2.34. The van der Waals surface area contributed by atoms with Gasteiger partial charge in [0.05, 0.1) is 16.4 Å². The summed E-state index contributed by atoms with van der Waals surface area (Å²) in [5.41, 5.74) is 11.8. The van der Waals surface area contributed by atoms with E-state index in [1.807, 2.05) is 48.8 Å². The van der Waals surface area contributed by atoms with Crippen LogP contribution in [0.2, 0.25) is 0 Å². The molecule has 1 aliphatic heterocycles. The van der Waals surface area contributed by atoms with E-state index in [4.69, 9.17) is 20.0 Å². The molecule has 264 valence electrons. The fraction of sp³-hybridized carbons (Fsp3) is 0.0400. The molecule has 0 bridgehead atoms. The van der Waals surface area contributed by atoms with E-state index in [1.165, 1.54) is 33.4 Å². The number of amidine groups is 2. The maximum absolute atomic E-state index is 5.07. The van der Waals surface area contributed by atoms with Crippen molar-refractivity contribution in [1.29, 1.82) is 0 Å². The molecule has 6 heteroatoms. The molecule has 2 aromatic heterocycles. The van der Waals surface area contributed by atoms with Gasteiger partial charge in [-0.1, -0.05) is 164 Å². The molecule has 6 nitrogen and oxygen atoms in total. The van der Waals surface area contributed by atoms with Crippen LogP contribution in [0.3, 0.4) is 0 Å². The van der Waals surface area contributed by atoms with Crippen molar-refractivity contribution in [3.05, 3.63) is 233 Å². The summed E-state index contributed by atoms with van der Waals surface area (Å²) in [6, 6.07) is 64.3. The van der Waals surface area contributed by atoms with Crippen LogP contribution < -0.4 is 5.32 Å². The van der Waals surface area contributed by atoms with Crippen LogP contribution in [0.4, 0.5) is 0 Å². The molecule has 11 rings (SSSR count). The molecule has 0 saturated carbocycles. The second-order valence-corrected chi connectivity index (χ2v) is 14.3. The first-order valence-electron chi connectivity index (χ1n) is 18.9. The lowest BCUT2D eigenvalue weighted by atomic mass is 9.67. The smallest absolute Gasteiger partial charge is 0.234 e. The summed E-state index contributed by atoms with van der Waals surface area (Å²) in [5, 5.41) is 5.78. The average Bonchev–Trinajstić information content (AvgIpc) is 3.76. The van der Waals surface area contributed by atoms with Gasteiger partial charge in [-0.3, -0.25) is 4.57 Å². The Bertz CT molecular complexity index is 2880. The summed E-state index contributed by atoms with van der Waals surface area (Å²) in [5.74, 6) is 2.10. The van der Waals surface area contributed by atoms with Gasteiger partial charge in [0.2, 0.25) is 5.95 Å². The summed E-state index contributed by atoms with van der Waals surface area (Å²) < 4.78 is 2.21. The minimum Gasteiger partial charge on any atom is -0.324 e. The Morgan fingerprint density at radius 2 is 1.00 bits per heavy atom. The Morgan fingerprint density at radius 3 is 1.62 bits per heavy atom. The van der Waals surface area contributed by atoms with Gasteiger partial charge in [-0.15, -0.1) is 0 Å². The highest BCUT2D eigenvalue weighted by Gasteiger charge is 2.46. The van der Waals surface area contributed by atoms with Crippen LogP contribution in [0.15, 0.2) is 204 Å². The van der Waals surface area contributed by atoms with Gasteiger partial charge in [0, 0.05) is 39.9 Å². The highest BCUT2D eigenvalue weighted by atomic mass is 15.2. The lowest BCUT2D eigenvalue weighted by Crippen LogP contribution is -2.36. The topological polar surface area (TPSA) is 67.5 Å². The maximum Gasteiger partial charge on any atom is 0.234 e. The third-order valence-electron chi connectivity index (χ3n) is 11.2. The molecule has 1 aliphatic carbocycles. The Morgan fingerprint density at radius 1 is 0.464 bits per heavy atom. The van der Waals surface area contributed by atoms with E-state index in [0.717, 1.165) is 50.2 Å². The first-order chi connectivity index (χ1) is 27.8. The van der Waals surface area contributed by atoms with Crippen molar-refractivity contribution in [2.24, 2.45) is 9.98 Å². The molecule has 9 aromatic rings. The van der Waals surface area contributed by atoms with E-state index < -0.39 is 11.6 Å². The minimum atomic E-state index is -0.521. The third kappa shape index (κ3) is 4.89. The number of hydrogen-bond acceptors (Lipinski definition) is 5. The minimum absolute atomic E-state index is 0.520. The van der Waals surface area contributed by atoms with Crippen LogP contribution in [0.1, 0.15) is 45.1 Å². The molecule has 0 atom stereocenters. The van der Waals surface area contributed by atoms with Crippen LogP contribution in [-0.4, -0.2) is 26.2 Å². The molecule has 0 unspecified atom stereocenters. The number of aliphatic imine (C=N–C) groups is 2. The van der Waals surface area contributed by atoms with Crippen molar-refractivity contribution in [3.8, 4) is 17.1 Å². The van der Waals surface area contributed by atoms with Gasteiger partial charge in [0.1, 0.15) is 11.7 Å². The fourth-order valence-electron chi connectivity index (χ4n) is 8.78. The van der Waals surface area contributed by atoms with Gasteiger partial charge in [-0.2, -0.15) is 0 Å². The van der Waals surface area contributed by atoms with Crippen molar-refractivity contribution in [2.75, 3.05) is 0 Å². The number of rotatable bonds is 6. The highest BCUT2D eigenvalue weighted by molar-refractivity contribution is 6.16. The summed E-state index contributed by atoms with van der Waals surface area (Å²) in [6.07, 6.45) is 3.23. The Hall–Kier alpha value is -7.44. The van der Waals surface area contributed by atoms with Crippen LogP contribution in [0, 0.1) is 0 Å². The zero-order chi connectivity index (χ0) is 37.1. The quantitative estimate of drug-likeness (QED) is 0.186. The van der Waals surface area contributed by atoms with Gasteiger partial charge in [0.25, 0.3) is 0 Å². The zero-order valence-corrected chi connectivity index (χ0v) is 30.3. The summed E-state index contributed by atoms with van der Waals surface area (Å²) >= 11 is 0. The monoisotopic (exact) mass is 718 g/mol. The second-order valence-electron chi connectivity index (χ2n) is 14.3. The zero-order valence-electron chi connectivity index (χ0n) is 30.3. The van der Waals surface area contributed by atoms with Crippen LogP contribution in [0.25, 0.3) is 38.9 Å². The third-order valence-corrected chi connectivity index (χ3v) is 11.2. The number of hydrogen-bond donors (Lipinski definition) is 1.